The largest absolute Gasteiger partial charge is 0.381 e. The summed E-state index contributed by atoms with van der Waals surface area (Å²) in [5.74, 6) is 2.32. The molecule has 0 amide bonds. The van der Waals surface area contributed by atoms with E-state index in [9.17, 15) is 0 Å². The number of likely N-dealkylation sites (tertiary alicyclic amines) is 1. The summed E-state index contributed by atoms with van der Waals surface area (Å²) in [7, 11) is 0. The van der Waals surface area contributed by atoms with Gasteiger partial charge in [0.25, 0.3) is 0 Å². The number of nitrogens with zero attached hydrogens (tertiary/aromatic N) is 3. The molecule has 2 aromatic heterocycles. The molecule has 1 aromatic carbocycles. The van der Waals surface area contributed by atoms with E-state index in [1.165, 1.54) is 23.1 Å². The first kappa shape index (κ1) is 18.3. The fraction of sp³-hybridized carbons (Fsp3) is 0.500. The zero-order chi connectivity index (χ0) is 20.2. The lowest BCUT2D eigenvalue weighted by molar-refractivity contribution is 0.127. The molecule has 0 saturated carbocycles. The van der Waals surface area contributed by atoms with E-state index in [0.717, 1.165) is 55.3 Å². The lowest BCUT2D eigenvalue weighted by Gasteiger charge is -2.40. The van der Waals surface area contributed by atoms with Gasteiger partial charge < -0.3 is 15.0 Å². The second kappa shape index (κ2) is 7.06. The molecule has 0 unspecified atom stereocenters. The van der Waals surface area contributed by atoms with Crippen LogP contribution in [0.2, 0.25) is 0 Å². The molecule has 6 rings (SSSR count). The second-order valence-electron chi connectivity index (χ2n) is 9.38. The first-order valence-corrected chi connectivity index (χ1v) is 11.1. The molecule has 0 spiro atoms. The molecule has 0 radical (unpaired) electrons. The lowest BCUT2D eigenvalue weighted by atomic mass is 9.82. The van der Waals surface area contributed by atoms with Crippen molar-refractivity contribution in [2.24, 2.45) is 11.8 Å². The Labute approximate surface area is 177 Å². The van der Waals surface area contributed by atoms with Crippen LogP contribution in [0.25, 0.3) is 11.0 Å². The van der Waals surface area contributed by atoms with Crippen molar-refractivity contribution < 1.29 is 4.74 Å². The Bertz CT molecular complexity index is 1080. The number of anilines is 1. The summed E-state index contributed by atoms with van der Waals surface area (Å²) in [6, 6.07) is 9.78. The molecule has 3 aromatic rings. The molecule has 0 bridgehead atoms. The van der Waals surface area contributed by atoms with Crippen LogP contribution in [-0.2, 0) is 11.2 Å². The number of benzene rings is 1. The predicted octanol–water partition coefficient (Wildman–Crippen LogP) is 3.62. The Morgan fingerprint density at radius 1 is 1.10 bits per heavy atom. The van der Waals surface area contributed by atoms with Crippen LogP contribution < -0.4 is 5.32 Å². The van der Waals surface area contributed by atoms with Gasteiger partial charge in [-0.2, -0.15) is 0 Å². The zero-order valence-corrected chi connectivity index (χ0v) is 17.7. The van der Waals surface area contributed by atoms with Crippen molar-refractivity contribution in [3.63, 3.8) is 0 Å². The van der Waals surface area contributed by atoms with Crippen molar-refractivity contribution in [1.29, 1.82) is 0 Å². The van der Waals surface area contributed by atoms with Crippen LogP contribution in [0.4, 0.5) is 5.82 Å². The van der Waals surface area contributed by atoms with Crippen LogP contribution in [0.1, 0.15) is 34.8 Å². The number of aromatic amines is 1. The average Bonchev–Trinajstić information content (AvgIpc) is 3.42. The molecule has 156 valence electrons. The van der Waals surface area contributed by atoms with Crippen LogP contribution in [0, 0.1) is 25.7 Å². The minimum Gasteiger partial charge on any atom is -0.381 e. The van der Waals surface area contributed by atoms with Gasteiger partial charge in [-0.25, -0.2) is 9.97 Å². The molecule has 3 aliphatic rings. The number of fused-ring (bicyclic) bond motifs is 3. The van der Waals surface area contributed by atoms with Crippen LogP contribution in [-0.4, -0.2) is 52.2 Å². The maximum Gasteiger partial charge on any atom is 0.143 e. The van der Waals surface area contributed by atoms with Gasteiger partial charge in [-0.15, -0.1) is 0 Å². The highest BCUT2D eigenvalue weighted by Gasteiger charge is 2.43. The van der Waals surface area contributed by atoms with Gasteiger partial charge in [-0.3, -0.25) is 4.90 Å². The summed E-state index contributed by atoms with van der Waals surface area (Å²) in [4.78, 5) is 15.1. The maximum absolute atomic E-state index is 5.73. The minimum absolute atomic E-state index is 0.224. The van der Waals surface area contributed by atoms with Gasteiger partial charge >= 0.3 is 0 Å². The number of H-pyrrole nitrogens is 1. The Morgan fingerprint density at radius 3 is 2.77 bits per heavy atom. The van der Waals surface area contributed by atoms with Gasteiger partial charge in [0.15, 0.2) is 0 Å². The average molecular weight is 404 g/mol. The van der Waals surface area contributed by atoms with Gasteiger partial charge in [0, 0.05) is 36.7 Å². The molecular weight excluding hydrogens is 374 g/mol. The summed E-state index contributed by atoms with van der Waals surface area (Å²) < 4.78 is 5.73. The molecule has 2 N–H and O–H groups in total. The molecular formula is C24H29N5O. The van der Waals surface area contributed by atoms with Crippen LogP contribution in [0.15, 0.2) is 30.6 Å². The Balaban J connectivity index is 1.38. The Hall–Kier alpha value is -2.44. The summed E-state index contributed by atoms with van der Waals surface area (Å²) in [6.07, 6.45) is 3.98. The van der Waals surface area contributed by atoms with Crippen molar-refractivity contribution in [2.45, 2.75) is 38.8 Å². The molecule has 4 atom stereocenters. The van der Waals surface area contributed by atoms with Gasteiger partial charge in [0.05, 0.1) is 24.6 Å². The number of ether oxygens (including phenoxy) is 1. The number of aryl methyl sites for hydroxylation is 3. The number of hydrogen-bond donors (Lipinski definition) is 2. The molecule has 6 heteroatoms. The van der Waals surface area contributed by atoms with Gasteiger partial charge in [0.2, 0.25) is 0 Å². The number of aromatic nitrogens is 3. The third-order valence-corrected chi connectivity index (χ3v) is 7.32. The summed E-state index contributed by atoms with van der Waals surface area (Å²) in [5, 5.41) is 4.93. The molecule has 1 aliphatic carbocycles. The minimum atomic E-state index is 0.224. The highest BCUT2D eigenvalue weighted by atomic mass is 16.5. The zero-order valence-electron chi connectivity index (χ0n) is 17.7. The summed E-state index contributed by atoms with van der Waals surface area (Å²) in [5.41, 5.74) is 6.24. The highest BCUT2D eigenvalue weighted by Crippen LogP contribution is 2.40. The molecule has 2 fully saturated rings. The van der Waals surface area contributed by atoms with Crippen molar-refractivity contribution in [1.82, 2.24) is 19.9 Å². The molecule has 2 saturated heterocycles. The van der Waals surface area contributed by atoms with E-state index in [-0.39, 0.29) is 6.04 Å². The van der Waals surface area contributed by atoms with Gasteiger partial charge in [-0.1, -0.05) is 23.8 Å². The van der Waals surface area contributed by atoms with Crippen LogP contribution in [0.5, 0.6) is 0 Å². The van der Waals surface area contributed by atoms with Gasteiger partial charge in [0.1, 0.15) is 17.8 Å². The third kappa shape index (κ3) is 3.01. The Morgan fingerprint density at radius 2 is 1.93 bits per heavy atom. The molecule has 30 heavy (non-hydrogen) atoms. The molecule has 6 nitrogen and oxygen atoms in total. The van der Waals surface area contributed by atoms with Crippen LogP contribution >= 0.6 is 0 Å². The van der Waals surface area contributed by atoms with Crippen molar-refractivity contribution in [3.05, 3.63) is 53.0 Å². The summed E-state index contributed by atoms with van der Waals surface area (Å²) >= 11 is 0. The smallest absolute Gasteiger partial charge is 0.143 e. The van der Waals surface area contributed by atoms with E-state index in [1.807, 2.05) is 0 Å². The second-order valence-corrected chi connectivity index (χ2v) is 9.38. The predicted molar refractivity (Wildman–Crippen MR) is 118 cm³/mol. The van der Waals surface area contributed by atoms with Crippen LogP contribution in [0.3, 0.4) is 0 Å². The summed E-state index contributed by atoms with van der Waals surface area (Å²) in [6.45, 7) is 8.41. The maximum atomic E-state index is 5.73. The first-order chi connectivity index (χ1) is 14.7. The number of rotatable bonds is 3. The standard InChI is InChI=1S/C24H29N5O/c1-14-3-5-19-16(7-14)4-6-21(29-9-17-11-30-12-18(17)10-29)22(19)28-24-20-8-15(2)27-23(20)25-13-26-24/h3,5,7-8,13,17-18,21-22H,4,6,9-12H2,1-2H3,(H2,25,26,27,28)/t17-,18+,21-,22-/m1/s1. The van der Waals surface area contributed by atoms with E-state index in [0.29, 0.717) is 17.9 Å². The van der Waals surface area contributed by atoms with E-state index < -0.39 is 0 Å². The third-order valence-electron chi connectivity index (χ3n) is 7.32. The van der Waals surface area contributed by atoms with E-state index in [1.54, 1.807) is 6.33 Å². The fourth-order valence-electron chi connectivity index (χ4n) is 5.83. The van der Waals surface area contributed by atoms with Crippen molar-refractivity contribution >= 4 is 16.9 Å². The normalized spacial score (nSPS) is 28.6. The van der Waals surface area contributed by atoms with Crippen molar-refractivity contribution in [2.75, 3.05) is 31.6 Å². The fourth-order valence-corrected chi connectivity index (χ4v) is 5.83. The quantitative estimate of drug-likeness (QED) is 0.699. The number of nitrogens with one attached hydrogen (secondary N) is 2. The highest BCUT2D eigenvalue weighted by molar-refractivity contribution is 5.87. The van der Waals surface area contributed by atoms with Crippen molar-refractivity contribution in [3.8, 4) is 0 Å². The van der Waals surface area contributed by atoms with E-state index >= 15 is 0 Å². The molecule has 2 aliphatic heterocycles. The number of hydrogen-bond acceptors (Lipinski definition) is 5. The lowest BCUT2D eigenvalue weighted by Crippen LogP contribution is -2.44. The van der Waals surface area contributed by atoms with Gasteiger partial charge in [-0.05, 0) is 43.9 Å². The Kier molecular flexibility index (Phi) is 4.32. The van der Waals surface area contributed by atoms with E-state index in [4.69, 9.17) is 4.74 Å². The SMILES string of the molecule is Cc1ccc2c(c1)CC[C@@H](N1C[C@H]3COC[C@H]3C1)[C@@H]2Nc1ncnc2[nH]c(C)cc12. The molecule has 4 heterocycles. The van der Waals surface area contributed by atoms with E-state index in [2.05, 4.69) is 63.3 Å². The topological polar surface area (TPSA) is 66.1 Å². The monoisotopic (exact) mass is 403 g/mol. The first-order valence-electron chi connectivity index (χ1n) is 11.1.